The summed E-state index contributed by atoms with van der Waals surface area (Å²) < 4.78 is 29.5. The van der Waals surface area contributed by atoms with Gasteiger partial charge in [0.2, 0.25) is 0 Å². The molecule has 0 radical (unpaired) electrons. The van der Waals surface area contributed by atoms with Crippen molar-refractivity contribution >= 4 is 32.1 Å². The highest BCUT2D eigenvalue weighted by Gasteiger charge is 2.37. The smallest absolute Gasteiger partial charge is 0.263 e. The van der Waals surface area contributed by atoms with E-state index in [4.69, 9.17) is 0 Å². The Bertz CT molecular complexity index is 749. The third kappa shape index (κ3) is 2.35. The maximum atomic E-state index is 13.1. The van der Waals surface area contributed by atoms with Crippen molar-refractivity contribution in [2.75, 3.05) is 18.9 Å². The Hall–Kier alpha value is -1.12. The van der Waals surface area contributed by atoms with Crippen LogP contribution >= 0.6 is 11.3 Å². The Morgan fingerprint density at radius 3 is 2.86 bits per heavy atom. The number of anilines is 1. The summed E-state index contributed by atoms with van der Waals surface area (Å²) in [5.41, 5.74) is 0. The van der Waals surface area contributed by atoms with Crippen molar-refractivity contribution in [2.45, 2.75) is 37.8 Å². The SMILES string of the molecule is CNc1nc2sccn2c1S(=O)(=O)N1CC(C)CCC1C. The second-order valence-corrected chi connectivity index (χ2v) is 8.36. The van der Waals surface area contributed by atoms with E-state index in [0.29, 0.717) is 23.2 Å². The summed E-state index contributed by atoms with van der Waals surface area (Å²) in [4.78, 5) is 5.05. The molecule has 1 fully saturated rings. The molecule has 1 aliphatic rings. The Kier molecular flexibility index (Phi) is 3.71. The predicted molar refractivity (Wildman–Crippen MR) is 84.4 cm³/mol. The number of rotatable bonds is 3. The van der Waals surface area contributed by atoms with Crippen molar-refractivity contribution in [1.29, 1.82) is 0 Å². The van der Waals surface area contributed by atoms with E-state index in [0.717, 1.165) is 12.8 Å². The van der Waals surface area contributed by atoms with E-state index in [-0.39, 0.29) is 11.1 Å². The molecule has 2 unspecified atom stereocenters. The fourth-order valence-corrected chi connectivity index (χ4v) is 5.68. The summed E-state index contributed by atoms with van der Waals surface area (Å²) in [6.07, 6.45) is 3.74. The van der Waals surface area contributed by atoms with Crippen molar-refractivity contribution in [3.8, 4) is 0 Å². The molecule has 0 spiro atoms. The van der Waals surface area contributed by atoms with Crippen LogP contribution in [0.15, 0.2) is 16.6 Å². The molecule has 0 bridgehead atoms. The topological polar surface area (TPSA) is 66.7 Å². The fourth-order valence-electron chi connectivity index (χ4n) is 2.87. The maximum Gasteiger partial charge on any atom is 0.263 e. The lowest BCUT2D eigenvalue weighted by Crippen LogP contribution is -2.45. The van der Waals surface area contributed by atoms with Gasteiger partial charge in [-0.15, -0.1) is 11.3 Å². The molecule has 1 N–H and O–H groups in total. The van der Waals surface area contributed by atoms with E-state index in [1.54, 1.807) is 22.0 Å². The number of aromatic nitrogens is 2. The highest BCUT2D eigenvalue weighted by atomic mass is 32.2. The van der Waals surface area contributed by atoms with E-state index >= 15 is 0 Å². The van der Waals surface area contributed by atoms with Gasteiger partial charge in [0.15, 0.2) is 15.8 Å². The van der Waals surface area contributed by atoms with E-state index in [1.807, 2.05) is 12.3 Å². The molecule has 0 amide bonds. The normalized spacial score (nSPS) is 24.5. The quantitative estimate of drug-likeness (QED) is 0.938. The highest BCUT2D eigenvalue weighted by molar-refractivity contribution is 7.89. The van der Waals surface area contributed by atoms with E-state index in [2.05, 4.69) is 17.2 Å². The van der Waals surface area contributed by atoms with Gasteiger partial charge in [-0.05, 0) is 25.7 Å². The van der Waals surface area contributed by atoms with Gasteiger partial charge < -0.3 is 5.32 Å². The molecule has 2 aromatic heterocycles. The standard InChI is InChI=1S/C13H20N4O2S2/c1-9-4-5-10(2)17(8-9)21(18,19)12-11(14-3)15-13-16(12)6-7-20-13/h6-7,9-10,14H,4-5,8H2,1-3H3. The first-order valence-electron chi connectivity index (χ1n) is 7.10. The molecule has 2 aromatic rings. The molecule has 1 saturated heterocycles. The molecular formula is C13H20N4O2S2. The van der Waals surface area contributed by atoms with Crippen molar-refractivity contribution in [3.05, 3.63) is 11.6 Å². The lowest BCUT2D eigenvalue weighted by atomic mass is 9.97. The number of imidazole rings is 1. The largest absolute Gasteiger partial charge is 0.371 e. The third-order valence-electron chi connectivity index (χ3n) is 4.07. The number of hydrogen-bond acceptors (Lipinski definition) is 5. The average Bonchev–Trinajstić information content (AvgIpc) is 3.00. The minimum Gasteiger partial charge on any atom is -0.371 e. The minimum absolute atomic E-state index is 0.0279. The summed E-state index contributed by atoms with van der Waals surface area (Å²) in [7, 11) is -1.86. The van der Waals surface area contributed by atoms with Gasteiger partial charge in [-0.25, -0.2) is 13.4 Å². The lowest BCUT2D eigenvalue weighted by molar-refractivity contribution is 0.217. The number of nitrogens with one attached hydrogen (secondary N) is 1. The van der Waals surface area contributed by atoms with E-state index in [1.165, 1.54) is 11.3 Å². The number of thiazole rings is 1. The zero-order chi connectivity index (χ0) is 15.2. The molecule has 2 atom stereocenters. The number of piperidine rings is 1. The summed E-state index contributed by atoms with van der Waals surface area (Å²) in [6.45, 7) is 4.66. The van der Waals surface area contributed by atoms with Crippen molar-refractivity contribution in [1.82, 2.24) is 13.7 Å². The minimum atomic E-state index is -3.56. The van der Waals surface area contributed by atoms with Crippen LogP contribution in [-0.4, -0.2) is 41.7 Å². The second kappa shape index (κ2) is 5.26. The lowest BCUT2D eigenvalue weighted by Gasteiger charge is -2.35. The van der Waals surface area contributed by atoms with Crippen LogP contribution in [-0.2, 0) is 10.0 Å². The Morgan fingerprint density at radius 2 is 2.14 bits per heavy atom. The Labute approximate surface area is 128 Å². The number of sulfonamides is 1. The second-order valence-electron chi connectivity index (χ2n) is 5.68. The van der Waals surface area contributed by atoms with Gasteiger partial charge in [0.25, 0.3) is 10.0 Å². The maximum absolute atomic E-state index is 13.1. The first kappa shape index (κ1) is 14.8. The van der Waals surface area contributed by atoms with Crippen LogP contribution < -0.4 is 5.32 Å². The Balaban J connectivity index is 2.13. The Morgan fingerprint density at radius 1 is 1.38 bits per heavy atom. The molecule has 3 heterocycles. The van der Waals surface area contributed by atoms with Gasteiger partial charge in [-0.1, -0.05) is 6.92 Å². The van der Waals surface area contributed by atoms with Gasteiger partial charge in [-0.2, -0.15) is 4.31 Å². The van der Waals surface area contributed by atoms with Gasteiger partial charge in [-0.3, -0.25) is 4.40 Å². The molecule has 0 aliphatic carbocycles. The first-order chi connectivity index (χ1) is 9.95. The van der Waals surface area contributed by atoms with Gasteiger partial charge >= 0.3 is 0 Å². The molecule has 1 aliphatic heterocycles. The van der Waals surface area contributed by atoms with Crippen LogP contribution in [0.25, 0.3) is 4.96 Å². The van der Waals surface area contributed by atoms with Gasteiger partial charge in [0, 0.05) is 31.2 Å². The molecule has 0 saturated carbocycles. The molecule has 21 heavy (non-hydrogen) atoms. The first-order valence-corrected chi connectivity index (χ1v) is 9.42. The zero-order valence-corrected chi connectivity index (χ0v) is 14.0. The summed E-state index contributed by atoms with van der Waals surface area (Å²) >= 11 is 1.43. The predicted octanol–water partition coefficient (Wildman–Crippen LogP) is 2.25. The fraction of sp³-hybridized carbons (Fsp3) is 0.615. The molecular weight excluding hydrogens is 308 g/mol. The third-order valence-corrected chi connectivity index (χ3v) is 6.83. The average molecular weight is 328 g/mol. The zero-order valence-electron chi connectivity index (χ0n) is 12.4. The summed E-state index contributed by atoms with van der Waals surface area (Å²) in [5.74, 6) is 0.812. The molecule has 0 aromatic carbocycles. The summed E-state index contributed by atoms with van der Waals surface area (Å²) in [5, 5.41) is 5.01. The molecule has 3 rings (SSSR count). The molecule has 8 heteroatoms. The van der Waals surface area contributed by atoms with Crippen LogP contribution in [0.5, 0.6) is 0 Å². The van der Waals surface area contributed by atoms with Crippen molar-refractivity contribution < 1.29 is 8.42 Å². The molecule has 116 valence electrons. The van der Waals surface area contributed by atoms with Gasteiger partial charge in [0.05, 0.1) is 0 Å². The number of nitrogens with zero attached hydrogens (tertiary/aromatic N) is 3. The van der Waals surface area contributed by atoms with Gasteiger partial charge in [0.1, 0.15) is 0 Å². The van der Waals surface area contributed by atoms with Crippen molar-refractivity contribution in [3.63, 3.8) is 0 Å². The van der Waals surface area contributed by atoms with Crippen LogP contribution in [0, 0.1) is 5.92 Å². The highest BCUT2D eigenvalue weighted by Crippen LogP contribution is 2.32. The monoisotopic (exact) mass is 328 g/mol. The number of fused-ring (bicyclic) bond motifs is 1. The van der Waals surface area contributed by atoms with Crippen molar-refractivity contribution in [2.24, 2.45) is 5.92 Å². The van der Waals surface area contributed by atoms with Crippen LogP contribution in [0.1, 0.15) is 26.7 Å². The van der Waals surface area contributed by atoms with E-state index in [9.17, 15) is 8.42 Å². The summed E-state index contributed by atoms with van der Waals surface area (Å²) in [6, 6.07) is 0.0279. The van der Waals surface area contributed by atoms with Crippen LogP contribution in [0.4, 0.5) is 5.82 Å². The van der Waals surface area contributed by atoms with Crippen LogP contribution in [0.2, 0.25) is 0 Å². The molecule has 6 nitrogen and oxygen atoms in total. The number of hydrogen-bond donors (Lipinski definition) is 1. The van der Waals surface area contributed by atoms with E-state index < -0.39 is 10.0 Å². The van der Waals surface area contributed by atoms with Crippen LogP contribution in [0.3, 0.4) is 0 Å².